The number of thioether (sulfide) groups is 1. The average Bonchev–Trinajstić information content (AvgIpc) is 3.55. The lowest BCUT2D eigenvalue weighted by atomic mass is 9.84. The summed E-state index contributed by atoms with van der Waals surface area (Å²) in [6, 6.07) is 3.46. The van der Waals surface area contributed by atoms with Crippen LogP contribution in [0.4, 0.5) is 22.0 Å². The zero-order valence-corrected chi connectivity index (χ0v) is 20.8. The molecule has 0 saturated heterocycles. The number of nitrogens with one attached hydrogen (secondary N) is 1. The third-order valence-electron chi connectivity index (χ3n) is 6.55. The number of nitrogens with two attached hydrogens (primary N) is 1. The second-order valence-electron chi connectivity index (χ2n) is 9.20. The summed E-state index contributed by atoms with van der Waals surface area (Å²) in [6.07, 6.45) is -3.55. The van der Waals surface area contributed by atoms with Gasteiger partial charge in [0.1, 0.15) is 16.2 Å². The molecule has 2 aliphatic rings. The van der Waals surface area contributed by atoms with Crippen molar-refractivity contribution in [2.24, 2.45) is 16.6 Å². The van der Waals surface area contributed by atoms with E-state index in [-0.39, 0.29) is 45.6 Å². The van der Waals surface area contributed by atoms with Crippen molar-refractivity contribution in [1.29, 1.82) is 0 Å². The molecule has 198 valence electrons. The van der Waals surface area contributed by atoms with E-state index < -0.39 is 46.4 Å². The van der Waals surface area contributed by atoms with Crippen molar-refractivity contribution in [3.05, 3.63) is 58.4 Å². The van der Waals surface area contributed by atoms with E-state index in [4.69, 9.17) is 5.73 Å². The number of ether oxygens (including phenoxy) is 1. The minimum Gasteiger partial charge on any atom is -0.482 e. The topological polar surface area (TPSA) is 107 Å². The molecule has 0 bridgehead atoms. The number of benzene rings is 1. The third-order valence-corrected chi connectivity index (χ3v) is 7.85. The highest BCUT2D eigenvalue weighted by Gasteiger charge is 2.70. The molecular formula is C24H23F5N4O3S. The number of hydrogen-bond acceptors (Lipinski definition) is 7. The van der Waals surface area contributed by atoms with Gasteiger partial charge in [0.25, 0.3) is 0 Å². The Morgan fingerprint density at radius 2 is 1.97 bits per heavy atom. The summed E-state index contributed by atoms with van der Waals surface area (Å²) < 4.78 is 70.6. The minimum atomic E-state index is -4.53. The Balaban J connectivity index is 1.61. The predicted octanol–water partition coefficient (Wildman–Crippen LogP) is 3.82. The smallest absolute Gasteiger partial charge is 0.422 e. The van der Waals surface area contributed by atoms with Crippen molar-refractivity contribution >= 4 is 28.6 Å². The van der Waals surface area contributed by atoms with E-state index in [2.05, 4.69) is 20.0 Å². The van der Waals surface area contributed by atoms with Crippen LogP contribution in [0.1, 0.15) is 40.5 Å². The summed E-state index contributed by atoms with van der Waals surface area (Å²) in [5.74, 6) is -3.81. The van der Waals surface area contributed by atoms with Crippen LogP contribution in [-0.4, -0.2) is 46.4 Å². The lowest BCUT2D eigenvalue weighted by Crippen LogP contribution is -2.43. The molecule has 1 amide bonds. The fourth-order valence-corrected chi connectivity index (χ4v) is 6.18. The van der Waals surface area contributed by atoms with Crippen LogP contribution in [0.5, 0.6) is 5.75 Å². The molecule has 0 unspecified atom stereocenters. The first-order valence-electron chi connectivity index (χ1n) is 11.1. The largest absolute Gasteiger partial charge is 0.482 e. The number of amidine groups is 1. The van der Waals surface area contributed by atoms with Crippen molar-refractivity contribution in [3.8, 4) is 5.75 Å². The van der Waals surface area contributed by atoms with Gasteiger partial charge in [-0.25, -0.2) is 13.8 Å². The van der Waals surface area contributed by atoms with Gasteiger partial charge in [-0.2, -0.15) is 13.2 Å². The lowest BCUT2D eigenvalue weighted by molar-refractivity contribution is -0.153. The standard InChI is InChI=1S/C24H23F5N4O3S/c1-11-4-13(36-10-24(27,28)29)9-32-19(11)16(34)7-12-5-14(18(26)15(25)6-12)22(2)17-8-23(17,20(35)31-3)37-21(30)33-22/h4-6,9,17H,7-8,10H2,1-3H3,(H2,30,33)(H,31,35)/t17-,22+,23-/m0/s1. The van der Waals surface area contributed by atoms with Crippen molar-refractivity contribution in [1.82, 2.24) is 10.3 Å². The second-order valence-corrected chi connectivity index (χ2v) is 10.6. The number of aromatic nitrogens is 1. The number of halogens is 5. The van der Waals surface area contributed by atoms with Gasteiger partial charge in [-0.05, 0) is 49.6 Å². The molecular weight excluding hydrogens is 519 g/mol. The van der Waals surface area contributed by atoms with E-state index in [9.17, 15) is 27.2 Å². The van der Waals surface area contributed by atoms with Crippen LogP contribution in [0.2, 0.25) is 0 Å². The summed E-state index contributed by atoms with van der Waals surface area (Å²) in [7, 11) is 1.48. The van der Waals surface area contributed by atoms with Gasteiger partial charge in [0.15, 0.2) is 29.2 Å². The van der Waals surface area contributed by atoms with Gasteiger partial charge in [-0.1, -0.05) is 11.8 Å². The molecule has 3 N–H and O–H groups in total. The number of Topliss-reactive ketones (excluding diaryl/α,β-unsaturated/α-hetero) is 1. The molecule has 1 fully saturated rings. The highest BCUT2D eigenvalue weighted by atomic mass is 32.2. The highest BCUT2D eigenvalue weighted by molar-refractivity contribution is 8.15. The molecule has 2 heterocycles. The van der Waals surface area contributed by atoms with Crippen LogP contribution in [-0.2, 0) is 16.8 Å². The first kappa shape index (κ1) is 26.8. The summed E-state index contributed by atoms with van der Waals surface area (Å²) in [6.45, 7) is 1.54. The maximum absolute atomic E-state index is 15.1. The van der Waals surface area contributed by atoms with Crippen molar-refractivity contribution in [3.63, 3.8) is 0 Å². The number of aryl methyl sites for hydroxylation is 1. The molecule has 13 heteroatoms. The van der Waals surface area contributed by atoms with Gasteiger partial charge in [-0.15, -0.1) is 0 Å². The monoisotopic (exact) mass is 542 g/mol. The fourth-order valence-electron chi connectivity index (χ4n) is 4.75. The Morgan fingerprint density at radius 3 is 2.59 bits per heavy atom. The van der Waals surface area contributed by atoms with Crippen LogP contribution < -0.4 is 15.8 Å². The van der Waals surface area contributed by atoms with E-state index in [1.807, 2.05) is 0 Å². The van der Waals surface area contributed by atoms with Gasteiger partial charge in [0, 0.05) is 24.9 Å². The zero-order chi connectivity index (χ0) is 27.3. The molecule has 37 heavy (non-hydrogen) atoms. The number of amides is 1. The molecule has 1 saturated carbocycles. The molecule has 1 aliphatic heterocycles. The Bertz CT molecular complexity index is 1320. The number of hydrogen-bond donors (Lipinski definition) is 2. The number of fused-ring (bicyclic) bond motifs is 1. The zero-order valence-electron chi connectivity index (χ0n) is 20.0. The molecule has 1 aromatic carbocycles. The maximum atomic E-state index is 15.1. The predicted molar refractivity (Wildman–Crippen MR) is 126 cm³/mol. The van der Waals surface area contributed by atoms with Crippen molar-refractivity contribution in [2.75, 3.05) is 13.7 Å². The van der Waals surface area contributed by atoms with Crippen LogP contribution in [0, 0.1) is 24.5 Å². The SMILES string of the molecule is CNC(=O)[C@]12C[C@H]1[C@@](C)(c1cc(CC(=O)c3ncc(OCC(F)(F)F)cc3C)cc(F)c1F)N=C(N)S2. The van der Waals surface area contributed by atoms with Crippen LogP contribution in [0.3, 0.4) is 0 Å². The van der Waals surface area contributed by atoms with Crippen molar-refractivity contribution in [2.45, 2.75) is 43.2 Å². The van der Waals surface area contributed by atoms with Crippen LogP contribution in [0.25, 0.3) is 0 Å². The molecule has 4 rings (SSSR count). The first-order chi connectivity index (χ1) is 17.2. The molecule has 3 atom stereocenters. The average molecular weight is 543 g/mol. The normalized spacial score (nSPS) is 24.6. The van der Waals surface area contributed by atoms with Gasteiger partial charge in [0.05, 0.1) is 11.7 Å². The van der Waals surface area contributed by atoms with Gasteiger partial charge in [0.2, 0.25) is 5.91 Å². The first-order valence-corrected chi connectivity index (χ1v) is 12.0. The number of aliphatic imine (C=N–C) groups is 1. The number of pyridine rings is 1. The highest BCUT2D eigenvalue weighted by Crippen LogP contribution is 2.66. The maximum Gasteiger partial charge on any atom is 0.422 e. The van der Waals surface area contributed by atoms with E-state index in [0.717, 1.165) is 24.0 Å². The second kappa shape index (κ2) is 9.26. The third kappa shape index (κ3) is 5.00. The van der Waals surface area contributed by atoms with Gasteiger partial charge >= 0.3 is 6.18 Å². The molecule has 0 spiro atoms. The number of nitrogens with zero attached hydrogens (tertiary/aromatic N) is 2. The van der Waals surface area contributed by atoms with Crippen molar-refractivity contribution < 1.29 is 36.3 Å². The number of rotatable bonds is 7. The van der Waals surface area contributed by atoms with Gasteiger partial charge in [-0.3, -0.25) is 14.6 Å². The number of carbonyl (C=O) groups excluding carboxylic acids is 2. The summed E-state index contributed by atoms with van der Waals surface area (Å²) in [5, 5.41) is 2.64. The lowest BCUT2D eigenvalue weighted by Gasteiger charge is -2.33. The Hall–Kier alpha value is -3.22. The number of alkyl halides is 3. The van der Waals surface area contributed by atoms with Crippen LogP contribution in [0.15, 0.2) is 29.4 Å². The number of ketones is 1. The van der Waals surface area contributed by atoms with E-state index in [1.165, 1.54) is 26.1 Å². The molecule has 1 aromatic heterocycles. The Kier molecular flexibility index (Phi) is 6.72. The molecule has 2 aromatic rings. The van der Waals surface area contributed by atoms with E-state index in [1.54, 1.807) is 6.92 Å². The summed E-state index contributed by atoms with van der Waals surface area (Å²) in [4.78, 5) is 33.8. The molecule has 0 radical (unpaired) electrons. The molecule has 1 aliphatic carbocycles. The summed E-state index contributed by atoms with van der Waals surface area (Å²) >= 11 is 1.09. The summed E-state index contributed by atoms with van der Waals surface area (Å²) in [5.41, 5.74) is 4.85. The van der Waals surface area contributed by atoms with Crippen LogP contribution >= 0.6 is 11.8 Å². The fraction of sp³-hybridized carbons (Fsp3) is 0.417. The molecule has 7 nitrogen and oxygen atoms in total. The van der Waals surface area contributed by atoms with Gasteiger partial charge < -0.3 is 15.8 Å². The van der Waals surface area contributed by atoms with E-state index >= 15 is 4.39 Å². The Morgan fingerprint density at radius 1 is 1.27 bits per heavy atom. The Labute approximate surface area is 213 Å². The number of carbonyl (C=O) groups is 2. The minimum absolute atomic E-state index is 0.0472. The quantitative estimate of drug-likeness (QED) is 0.407. The van der Waals surface area contributed by atoms with E-state index in [0.29, 0.717) is 6.42 Å².